The van der Waals surface area contributed by atoms with Gasteiger partial charge in [-0.15, -0.1) is 0 Å². The van der Waals surface area contributed by atoms with E-state index in [0.717, 1.165) is 12.2 Å². The number of nitrogen functional groups attached to an aromatic ring is 1. The maximum Gasteiger partial charge on any atom is 0.169 e. The number of ether oxygens (including phenoxy) is 1. The summed E-state index contributed by atoms with van der Waals surface area (Å²) in [7, 11) is 1.96. The average molecular weight is 247 g/mol. The fourth-order valence-electron chi connectivity index (χ4n) is 1.79. The van der Waals surface area contributed by atoms with Gasteiger partial charge in [0.05, 0.1) is 22.3 Å². The minimum absolute atomic E-state index is 0.0827. The van der Waals surface area contributed by atoms with E-state index in [1.807, 2.05) is 18.9 Å². The molecule has 1 unspecified atom stereocenters. The van der Waals surface area contributed by atoms with Crippen LogP contribution in [0.4, 0.5) is 11.4 Å². The van der Waals surface area contributed by atoms with Gasteiger partial charge in [-0.1, -0.05) is 23.2 Å². The van der Waals surface area contributed by atoms with Crippen LogP contribution in [0.25, 0.3) is 0 Å². The SMILES string of the molecule is CC1CN(C)c2c(Cl)cc(Cl)c(N)c2O1. The molecule has 0 fully saturated rings. The van der Waals surface area contributed by atoms with Crippen LogP contribution in [-0.2, 0) is 0 Å². The molecule has 0 saturated carbocycles. The van der Waals surface area contributed by atoms with E-state index in [1.54, 1.807) is 6.07 Å². The van der Waals surface area contributed by atoms with Crippen molar-refractivity contribution >= 4 is 34.6 Å². The van der Waals surface area contributed by atoms with E-state index in [2.05, 4.69) is 0 Å². The van der Waals surface area contributed by atoms with Crippen LogP contribution >= 0.6 is 23.2 Å². The molecule has 1 aliphatic heterocycles. The van der Waals surface area contributed by atoms with Gasteiger partial charge in [-0.3, -0.25) is 0 Å². The first-order valence-electron chi connectivity index (χ1n) is 4.66. The Morgan fingerprint density at radius 1 is 1.47 bits per heavy atom. The summed E-state index contributed by atoms with van der Waals surface area (Å²) in [6.45, 7) is 2.77. The minimum Gasteiger partial charge on any atom is -0.484 e. The van der Waals surface area contributed by atoms with Crippen LogP contribution in [0, 0.1) is 0 Å². The lowest BCUT2D eigenvalue weighted by Gasteiger charge is -2.33. The lowest BCUT2D eigenvalue weighted by molar-refractivity contribution is 0.217. The summed E-state index contributed by atoms with van der Waals surface area (Å²) in [5.41, 5.74) is 7.12. The Bertz CT molecular complexity index is 409. The predicted octanol–water partition coefficient (Wildman–Crippen LogP) is 2.79. The second-order valence-corrected chi connectivity index (χ2v) is 4.56. The van der Waals surface area contributed by atoms with Crippen LogP contribution in [0.2, 0.25) is 10.0 Å². The smallest absolute Gasteiger partial charge is 0.169 e. The van der Waals surface area contributed by atoms with E-state index < -0.39 is 0 Å². The van der Waals surface area contributed by atoms with Crippen molar-refractivity contribution in [3.05, 3.63) is 16.1 Å². The third kappa shape index (κ3) is 1.70. The molecule has 0 aromatic heterocycles. The normalized spacial score (nSPS) is 19.7. The van der Waals surface area contributed by atoms with Crippen molar-refractivity contribution in [1.29, 1.82) is 0 Å². The van der Waals surface area contributed by atoms with Crippen molar-refractivity contribution in [3.63, 3.8) is 0 Å². The number of nitrogens with zero attached hydrogens (tertiary/aromatic N) is 1. The lowest BCUT2D eigenvalue weighted by atomic mass is 10.2. The summed E-state index contributed by atoms with van der Waals surface area (Å²) < 4.78 is 5.66. The zero-order chi connectivity index (χ0) is 11.2. The summed E-state index contributed by atoms with van der Waals surface area (Å²) in [5, 5.41) is 1.000. The summed E-state index contributed by atoms with van der Waals surface area (Å²) in [6.07, 6.45) is 0.0827. The van der Waals surface area contributed by atoms with Gasteiger partial charge in [0.1, 0.15) is 11.8 Å². The van der Waals surface area contributed by atoms with Crippen LogP contribution in [0.15, 0.2) is 6.07 Å². The Morgan fingerprint density at radius 2 is 2.13 bits per heavy atom. The van der Waals surface area contributed by atoms with Crippen molar-refractivity contribution < 1.29 is 4.74 Å². The predicted molar refractivity (Wildman–Crippen MR) is 64.2 cm³/mol. The fraction of sp³-hybridized carbons (Fsp3) is 0.400. The molecule has 2 N–H and O–H groups in total. The Hall–Kier alpha value is -0.800. The van der Waals surface area contributed by atoms with Gasteiger partial charge in [0.2, 0.25) is 0 Å². The van der Waals surface area contributed by atoms with E-state index in [-0.39, 0.29) is 6.10 Å². The number of likely N-dealkylation sites (N-methyl/N-ethyl adjacent to an activating group) is 1. The molecule has 0 amide bonds. The largest absolute Gasteiger partial charge is 0.484 e. The van der Waals surface area contributed by atoms with Crippen LogP contribution in [0.5, 0.6) is 5.75 Å². The third-order valence-electron chi connectivity index (χ3n) is 2.43. The van der Waals surface area contributed by atoms with Gasteiger partial charge in [0.15, 0.2) is 5.75 Å². The van der Waals surface area contributed by atoms with Gasteiger partial charge < -0.3 is 15.4 Å². The second kappa shape index (κ2) is 3.65. The van der Waals surface area contributed by atoms with Crippen LogP contribution < -0.4 is 15.4 Å². The van der Waals surface area contributed by atoms with Crippen LogP contribution in [-0.4, -0.2) is 19.7 Å². The van der Waals surface area contributed by atoms with Gasteiger partial charge in [-0.05, 0) is 13.0 Å². The number of hydrogen-bond acceptors (Lipinski definition) is 3. The van der Waals surface area contributed by atoms with Gasteiger partial charge in [0, 0.05) is 7.05 Å². The number of benzene rings is 1. The Kier molecular flexibility index (Phi) is 2.61. The molecule has 0 spiro atoms. The maximum atomic E-state index is 6.10. The molecule has 1 atom stereocenters. The second-order valence-electron chi connectivity index (χ2n) is 3.74. The first-order chi connectivity index (χ1) is 7.00. The van der Waals surface area contributed by atoms with E-state index >= 15 is 0 Å². The molecule has 0 bridgehead atoms. The summed E-state index contributed by atoms with van der Waals surface area (Å²) in [5.74, 6) is 0.591. The van der Waals surface area contributed by atoms with Gasteiger partial charge in [0.25, 0.3) is 0 Å². The number of halogens is 2. The number of anilines is 2. The van der Waals surface area contributed by atoms with Crippen LogP contribution in [0.1, 0.15) is 6.92 Å². The van der Waals surface area contributed by atoms with E-state index in [4.69, 9.17) is 33.7 Å². The zero-order valence-electron chi connectivity index (χ0n) is 8.55. The molecule has 1 heterocycles. The third-order valence-corrected chi connectivity index (χ3v) is 3.03. The zero-order valence-corrected chi connectivity index (χ0v) is 10.1. The highest BCUT2D eigenvalue weighted by molar-refractivity contribution is 6.38. The first kappa shape index (κ1) is 10.7. The van der Waals surface area contributed by atoms with Crippen molar-refractivity contribution in [1.82, 2.24) is 0 Å². The number of hydrogen-bond donors (Lipinski definition) is 1. The standard InChI is InChI=1S/C10H12Cl2N2O/c1-5-4-14(2)9-7(12)3-6(11)8(13)10(9)15-5/h3,5H,4,13H2,1-2H3. The van der Waals surface area contributed by atoms with E-state index in [9.17, 15) is 0 Å². The van der Waals surface area contributed by atoms with Gasteiger partial charge in [-0.2, -0.15) is 0 Å². The van der Waals surface area contributed by atoms with Crippen molar-refractivity contribution in [2.45, 2.75) is 13.0 Å². The molecule has 1 aliphatic rings. The Labute approximate surface area is 98.7 Å². The molecule has 5 heteroatoms. The molecule has 3 nitrogen and oxygen atoms in total. The maximum absolute atomic E-state index is 6.10. The van der Waals surface area contributed by atoms with E-state index in [0.29, 0.717) is 21.5 Å². The number of fused-ring (bicyclic) bond motifs is 1. The topological polar surface area (TPSA) is 38.5 Å². The van der Waals surface area contributed by atoms with Crippen molar-refractivity contribution in [3.8, 4) is 5.75 Å². The average Bonchev–Trinajstić information content (AvgIpc) is 2.12. The van der Waals surface area contributed by atoms with Crippen molar-refractivity contribution in [2.75, 3.05) is 24.2 Å². The summed E-state index contributed by atoms with van der Waals surface area (Å²) in [6, 6.07) is 1.65. The Balaban J connectivity index is 2.63. The minimum atomic E-state index is 0.0827. The highest BCUT2D eigenvalue weighted by Gasteiger charge is 2.26. The molecule has 1 aromatic carbocycles. The molecule has 1 aromatic rings. The number of rotatable bonds is 0. The first-order valence-corrected chi connectivity index (χ1v) is 5.41. The molecular formula is C10H12Cl2N2O. The van der Waals surface area contributed by atoms with Gasteiger partial charge in [-0.25, -0.2) is 0 Å². The highest BCUT2D eigenvalue weighted by atomic mass is 35.5. The van der Waals surface area contributed by atoms with E-state index in [1.165, 1.54) is 0 Å². The molecule has 15 heavy (non-hydrogen) atoms. The summed E-state index contributed by atoms with van der Waals surface area (Å²) >= 11 is 12.0. The van der Waals surface area contributed by atoms with Crippen LogP contribution in [0.3, 0.4) is 0 Å². The van der Waals surface area contributed by atoms with Gasteiger partial charge >= 0.3 is 0 Å². The molecule has 0 radical (unpaired) electrons. The quantitative estimate of drug-likeness (QED) is 0.716. The Morgan fingerprint density at radius 3 is 2.80 bits per heavy atom. The number of nitrogens with two attached hydrogens (primary N) is 1. The monoisotopic (exact) mass is 246 g/mol. The fourth-order valence-corrected chi connectivity index (χ4v) is 2.38. The molecular weight excluding hydrogens is 235 g/mol. The lowest BCUT2D eigenvalue weighted by Crippen LogP contribution is -2.36. The summed E-state index contributed by atoms with van der Waals surface area (Å²) in [4.78, 5) is 2.03. The highest BCUT2D eigenvalue weighted by Crippen LogP contribution is 2.46. The molecule has 2 rings (SSSR count). The molecule has 0 saturated heterocycles. The molecule has 82 valence electrons. The molecule has 0 aliphatic carbocycles. The van der Waals surface area contributed by atoms with Crippen molar-refractivity contribution in [2.24, 2.45) is 0 Å².